The third-order valence-electron chi connectivity index (χ3n) is 3.87. The maximum Gasteiger partial charge on any atom is 0.238 e. The quantitative estimate of drug-likeness (QED) is 0.259. The van der Waals surface area contributed by atoms with Crippen LogP contribution >= 0.6 is 24.0 Å². The number of sulfonamides is 1. The van der Waals surface area contributed by atoms with E-state index in [2.05, 4.69) is 32.7 Å². The molecular weight excluding hydrogens is 493 g/mol. The number of nitrogens with two attached hydrogens (primary N) is 1. The van der Waals surface area contributed by atoms with Gasteiger partial charge in [0.1, 0.15) is 12.2 Å². The van der Waals surface area contributed by atoms with E-state index in [-0.39, 0.29) is 28.9 Å². The minimum atomic E-state index is -3.68. The first kappa shape index (κ1) is 24.3. The molecule has 0 aliphatic carbocycles. The van der Waals surface area contributed by atoms with Crippen molar-refractivity contribution in [3.8, 4) is 0 Å². The van der Waals surface area contributed by atoms with Gasteiger partial charge in [-0.3, -0.25) is 0 Å². The van der Waals surface area contributed by atoms with E-state index in [0.717, 1.165) is 37.3 Å². The van der Waals surface area contributed by atoms with Crippen molar-refractivity contribution >= 4 is 40.0 Å². The van der Waals surface area contributed by atoms with Crippen LogP contribution in [0.25, 0.3) is 0 Å². The van der Waals surface area contributed by atoms with Crippen molar-refractivity contribution in [2.45, 2.75) is 44.7 Å². The minimum absolute atomic E-state index is 0. The fourth-order valence-electron chi connectivity index (χ4n) is 2.41. The van der Waals surface area contributed by atoms with Crippen LogP contribution < -0.4 is 15.8 Å². The van der Waals surface area contributed by atoms with E-state index in [9.17, 15) is 8.42 Å². The summed E-state index contributed by atoms with van der Waals surface area (Å²) in [5, 5.41) is 19.7. The van der Waals surface area contributed by atoms with Gasteiger partial charge in [0.05, 0.1) is 11.4 Å². The number of halogens is 1. The van der Waals surface area contributed by atoms with Gasteiger partial charge in [-0.1, -0.05) is 26.0 Å². The summed E-state index contributed by atoms with van der Waals surface area (Å²) in [7, 11) is -3.68. The molecule has 0 unspecified atom stereocenters. The minimum Gasteiger partial charge on any atom is -0.356 e. The predicted molar refractivity (Wildman–Crippen MR) is 120 cm³/mol. The molecule has 156 valence electrons. The van der Waals surface area contributed by atoms with E-state index in [4.69, 9.17) is 5.14 Å². The Bertz CT molecular complexity index is 851. The van der Waals surface area contributed by atoms with Crippen LogP contribution in [0.15, 0.2) is 40.5 Å². The summed E-state index contributed by atoms with van der Waals surface area (Å²) in [6, 6.07) is 6.41. The number of nitrogens with one attached hydrogen (secondary N) is 2. The Morgan fingerprint density at radius 3 is 2.46 bits per heavy atom. The summed E-state index contributed by atoms with van der Waals surface area (Å²) in [5.74, 6) is 1.66. The normalized spacial score (nSPS) is 11.8. The maximum atomic E-state index is 11.3. The van der Waals surface area contributed by atoms with Crippen LogP contribution in [-0.4, -0.2) is 42.2 Å². The second-order valence-electron chi connectivity index (χ2n) is 6.00. The maximum absolute atomic E-state index is 11.3. The SMILES string of the molecule is CCCNC(=NCc1ccc(S(N)(=O)=O)cc1)NCCn1cnnc1CC.I. The molecule has 1 heterocycles. The van der Waals surface area contributed by atoms with Crippen molar-refractivity contribution < 1.29 is 8.42 Å². The Morgan fingerprint density at radius 2 is 1.86 bits per heavy atom. The summed E-state index contributed by atoms with van der Waals surface area (Å²) in [4.78, 5) is 4.65. The van der Waals surface area contributed by atoms with Crippen molar-refractivity contribution in [1.82, 2.24) is 25.4 Å². The van der Waals surface area contributed by atoms with Crippen LogP contribution in [0.1, 0.15) is 31.7 Å². The van der Waals surface area contributed by atoms with Crippen LogP contribution in [0.2, 0.25) is 0 Å². The number of aromatic nitrogens is 3. The molecule has 11 heteroatoms. The van der Waals surface area contributed by atoms with Gasteiger partial charge in [-0.25, -0.2) is 18.5 Å². The van der Waals surface area contributed by atoms with Gasteiger partial charge >= 0.3 is 0 Å². The third-order valence-corrected chi connectivity index (χ3v) is 4.80. The Hall–Kier alpha value is -1.73. The molecule has 0 spiro atoms. The molecule has 0 saturated heterocycles. The first-order valence-electron chi connectivity index (χ1n) is 8.94. The lowest BCUT2D eigenvalue weighted by molar-refractivity contribution is 0.598. The van der Waals surface area contributed by atoms with Gasteiger partial charge in [-0.2, -0.15) is 0 Å². The molecule has 1 aromatic heterocycles. The second-order valence-corrected chi connectivity index (χ2v) is 7.56. The number of hydrogen-bond acceptors (Lipinski definition) is 5. The molecule has 0 amide bonds. The predicted octanol–water partition coefficient (Wildman–Crippen LogP) is 1.25. The van der Waals surface area contributed by atoms with Crippen molar-refractivity contribution in [3.63, 3.8) is 0 Å². The number of rotatable bonds is 9. The lowest BCUT2D eigenvalue weighted by atomic mass is 10.2. The Balaban J connectivity index is 0.00000392. The molecule has 28 heavy (non-hydrogen) atoms. The Labute approximate surface area is 183 Å². The van der Waals surface area contributed by atoms with Gasteiger partial charge in [0.25, 0.3) is 0 Å². The van der Waals surface area contributed by atoms with E-state index in [0.29, 0.717) is 19.0 Å². The highest BCUT2D eigenvalue weighted by Gasteiger charge is 2.07. The van der Waals surface area contributed by atoms with Gasteiger partial charge in [0.15, 0.2) is 5.96 Å². The van der Waals surface area contributed by atoms with Crippen LogP contribution in [-0.2, 0) is 29.5 Å². The molecule has 9 nitrogen and oxygen atoms in total. The number of primary sulfonamides is 1. The molecule has 0 radical (unpaired) electrons. The van der Waals surface area contributed by atoms with E-state index in [1.165, 1.54) is 12.1 Å². The number of aliphatic imine (C=N–C) groups is 1. The average molecular weight is 521 g/mol. The number of nitrogens with zero attached hydrogens (tertiary/aromatic N) is 4. The van der Waals surface area contributed by atoms with E-state index >= 15 is 0 Å². The third kappa shape index (κ3) is 7.72. The van der Waals surface area contributed by atoms with Crippen molar-refractivity contribution in [3.05, 3.63) is 42.0 Å². The van der Waals surface area contributed by atoms with Gasteiger partial charge < -0.3 is 15.2 Å². The van der Waals surface area contributed by atoms with Crippen LogP contribution in [0.4, 0.5) is 0 Å². The van der Waals surface area contributed by atoms with Crippen LogP contribution in [0.3, 0.4) is 0 Å². The number of guanidine groups is 1. The average Bonchev–Trinajstić information content (AvgIpc) is 3.10. The molecule has 2 aromatic rings. The van der Waals surface area contributed by atoms with E-state index < -0.39 is 10.0 Å². The van der Waals surface area contributed by atoms with Gasteiger partial charge in [-0.05, 0) is 24.1 Å². The lowest BCUT2D eigenvalue weighted by Gasteiger charge is -2.13. The standard InChI is InChI=1S/C17H27N7O2S.HI/c1-3-9-19-17(20-10-11-24-13-22-23-16(24)4-2)21-12-14-5-7-15(8-6-14)27(18,25)26;/h5-8,13H,3-4,9-12H2,1-2H3,(H2,18,25,26)(H2,19,20,21);1H. The Morgan fingerprint density at radius 1 is 1.18 bits per heavy atom. The lowest BCUT2D eigenvalue weighted by Crippen LogP contribution is -2.39. The first-order valence-corrected chi connectivity index (χ1v) is 10.5. The molecule has 0 aliphatic rings. The van der Waals surface area contributed by atoms with Crippen molar-refractivity contribution in [1.29, 1.82) is 0 Å². The highest BCUT2D eigenvalue weighted by atomic mass is 127. The van der Waals surface area contributed by atoms with Gasteiger partial charge in [0.2, 0.25) is 10.0 Å². The number of aryl methyl sites for hydroxylation is 1. The fourth-order valence-corrected chi connectivity index (χ4v) is 2.92. The summed E-state index contributed by atoms with van der Waals surface area (Å²) >= 11 is 0. The molecule has 4 N–H and O–H groups in total. The van der Waals surface area contributed by atoms with E-state index in [1.54, 1.807) is 18.5 Å². The highest BCUT2D eigenvalue weighted by Crippen LogP contribution is 2.09. The first-order chi connectivity index (χ1) is 12.9. The Kier molecular flexibility index (Phi) is 10.4. The summed E-state index contributed by atoms with van der Waals surface area (Å²) in [6.07, 6.45) is 3.54. The molecule has 0 aliphatic heterocycles. The van der Waals surface area contributed by atoms with Crippen LogP contribution in [0, 0.1) is 0 Å². The van der Waals surface area contributed by atoms with Gasteiger partial charge in [0, 0.05) is 26.1 Å². The molecule has 2 rings (SSSR count). The summed E-state index contributed by atoms with van der Waals surface area (Å²) < 4.78 is 24.6. The van der Waals surface area contributed by atoms with Crippen LogP contribution in [0.5, 0.6) is 0 Å². The number of benzene rings is 1. The fraction of sp³-hybridized carbons (Fsp3) is 0.471. The monoisotopic (exact) mass is 521 g/mol. The molecule has 0 bridgehead atoms. The summed E-state index contributed by atoms with van der Waals surface area (Å²) in [6.45, 7) is 6.79. The van der Waals surface area contributed by atoms with Crippen molar-refractivity contribution in [2.24, 2.45) is 10.1 Å². The zero-order valence-corrected chi connectivity index (χ0v) is 19.3. The zero-order valence-electron chi connectivity index (χ0n) is 16.1. The second kappa shape index (κ2) is 12.0. The molecule has 0 fully saturated rings. The van der Waals surface area contributed by atoms with Crippen molar-refractivity contribution in [2.75, 3.05) is 13.1 Å². The molecule has 0 atom stereocenters. The molecule has 0 saturated carbocycles. The zero-order chi connectivity index (χ0) is 19.7. The molecular formula is C17H28IN7O2S. The van der Waals surface area contributed by atoms with E-state index in [1.807, 2.05) is 11.5 Å². The largest absolute Gasteiger partial charge is 0.356 e. The summed E-state index contributed by atoms with van der Waals surface area (Å²) in [5.41, 5.74) is 0.895. The molecule has 1 aromatic carbocycles. The van der Waals surface area contributed by atoms with Gasteiger partial charge in [-0.15, -0.1) is 34.2 Å². The number of hydrogen-bond donors (Lipinski definition) is 3. The topological polar surface area (TPSA) is 127 Å². The highest BCUT2D eigenvalue weighted by molar-refractivity contribution is 14.0. The smallest absolute Gasteiger partial charge is 0.238 e.